The number of ether oxygens (including phenoxy) is 1. The van der Waals surface area contributed by atoms with E-state index < -0.39 is 0 Å². The fraction of sp³-hybridized carbons (Fsp3) is 0.150. The maximum Gasteiger partial charge on any atom is 0.324 e. The van der Waals surface area contributed by atoms with Gasteiger partial charge in [-0.05, 0) is 56.2 Å². The molecule has 0 saturated heterocycles. The summed E-state index contributed by atoms with van der Waals surface area (Å²) in [5, 5.41) is 11.3. The molecule has 4 aromatic rings. The molecular formula is C20H19N5O. The number of nitrogens with one attached hydrogen (secondary N) is 2. The monoisotopic (exact) mass is 345 g/mol. The lowest BCUT2D eigenvalue weighted by Gasteiger charge is -2.10. The van der Waals surface area contributed by atoms with Gasteiger partial charge in [-0.25, -0.2) is 0 Å². The molecule has 2 aromatic carbocycles. The molecule has 0 spiro atoms. The van der Waals surface area contributed by atoms with Gasteiger partial charge in [-0.2, -0.15) is 15.1 Å². The van der Waals surface area contributed by atoms with E-state index in [1.807, 2.05) is 55.5 Å². The molecule has 0 amide bonds. The third kappa shape index (κ3) is 3.21. The zero-order valence-corrected chi connectivity index (χ0v) is 14.9. The first-order chi connectivity index (χ1) is 12.6. The maximum atomic E-state index is 5.92. The summed E-state index contributed by atoms with van der Waals surface area (Å²) in [6.07, 6.45) is 0. The van der Waals surface area contributed by atoms with E-state index in [1.54, 1.807) is 0 Å². The molecule has 0 aliphatic carbocycles. The Morgan fingerprint density at radius 2 is 1.77 bits per heavy atom. The average molecular weight is 345 g/mol. The second-order valence-corrected chi connectivity index (χ2v) is 6.28. The van der Waals surface area contributed by atoms with Crippen LogP contribution in [0.15, 0.2) is 48.5 Å². The van der Waals surface area contributed by atoms with Gasteiger partial charge >= 0.3 is 6.01 Å². The third-order valence-electron chi connectivity index (χ3n) is 4.22. The van der Waals surface area contributed by atoms with Crippen LogP contribution in [0.25, 0.3) is 10.9 Å². The Labute approximate surface area is 151 Å². The molecule has 26 heavy (non-hydrogen) atoms. The van der Waals surface area contributed by atoms with Gasteiger partial charge < -0.3 is 10.1 Å². The van der Waals surface area contributed by atoms with E-state index in [2.05, 4.69) is 39.3 Å². The van der Waals surface area contributed by atoms with E-state index >= 15 is 0 Å². The summed E-state index contributed by atoms with van der Waals surface area (Å²) in [4.78, 5) is 9.08. The molecule has 0 saturated carbocycles. The Bertz CT molecular complexity index is 1090. The van der Waals surface area contributed by atoms with E-state index in [4.69, 9.17) is 4.74 Å². The van der Waals surface area contributed by atoms with Crippen molar-refractivity contribution in [3.8, 4) is 11.8 Å². The fourth-order valence-corrected chi connectivity index (χ4v) is 2.68. The topological polar surface area (TPSA) is 75.7 Å². The summed E-state index contributed by atoms with van der Waals surface area (Å²) in [6.45, 7) is 6.07. The number of hydrogen-bond acceptors (Lipinski definition) is 5. The van der Waals surface area contributed by atoms with Gasteiger partial charge in [0.25, 0.3) is 0 Å². The number of aryl methyl sites for hydroxylation is 3. The van der Waals surface area contributed by atoms with Crippen LogP contribution in [0.3, 0.4) is 0 Å². The number of para-hydroxylation sites is 1. The van der Waals surface area contributed by atoms with Crippen LogP contribution in [-0.2, 0) is 0 Å². The number of hydrogen-bond donors (Lipinski definition) is 2. The molecule has 2 N–H and O–H groups in total. The molecule has 0 radical (unpaired) electrons. The third-order valence-corrected chi connectivity index (χ3v) is 4.22. The smallest absolute Gasteiger partial charge is 0.324 e. The number of benzene rings is 2. The second kappa shape index (κ2) is 6.48. The minimum absolute atomic E-state index is 0.293. The molecule has 2 aromatic heterocycles. The standard InChI is InChI=1S/C20H19N5O/c1-12-8-9-15(10-13(12)2)26-20-21-17-7-5-4-6-16(17)19(23-20)22-18-11-14(3)24-25-18/h4-11H,1-3H3,(H2,21,22,23,24,25). The van der Waals surface area contributed by atoms with Crippen molar-refractivity contribution in [3.63, 3.8) is 0 Å². The Morgan fingerprint density at radius 1 is 0.923 bits per heavy atom. The summed E-state index contributed by atoms with van der Waals surface area (Å²) < 4.78 is 5.92. The van der Waals surface area contributed by atoms with Crippen molar-refractivity contribution in [3.05, 3.63) is 65.4 Å². The summed E-state index contributed by atoms with van der Waals surface area (Å²) in [7, 11) is 0. The molecule has 2 heterocycles. The summed E-state index contributed by atoms with van der Waals surface area (Å²) >= 11 is 0. The maximum absolute atomic E-state index is 5.92. The van der Waals surface area contributed by atoms with E-state index in [1.165, 1.54) is 5.56 Å². The van der Waals surface area contributed by atoms with Crippen molar-refractivity contribution in [1.29, 1.82) is 0 Å². The number of aromatic amines is 1. The first-order valence-corrected chi connectivity index (χ1v) is 8.39. The van der Waals surface area contributed by atoms with Crippen LogP contribution < -0.4 is 10.1 Å². The van der Waals surface area contributed by atoms with E-state index in [0.29, 0.717) is 23.4 Å². The number of anilines is 2. The van der Waals surface area contributed by atoms with Gasteiger partial charge in [-0.1, -0.05) is 18.2 Å². The van der Waals surface area contributed by atoms with Crippen molar-refractivity contribution in [1.82, 2.24) is 20.2 Å². The van der Waals surface area contributed by atoms with Crippen LogP contribution >= 0.6 is 0 Å². The predicted octanol–water partition coefficient (Wildman–Crippen LogP) is 4.81. The van der Waals surface area contributed by atoms with Gasteiger partial charge in [0.15, 0.2) is 5.82 Å². The second-order valence-electron chi connectivity index (χ2n) is 6.28. The Kier molecular flexibility index (Phi) is 4.01. The zero-order chi connectivity index (χ0) is 18.1. The molecule has 6 nitrogen and oxygen atoms in total. The molecular weight excluding hydrogens is 326 g/mol. The lowest BCUT2D eigenvalue weighted by Crippen LogP contribution is -2.00. The number of rotatable bonds is 4. The number of aromatic nitrogens is 4. The molecule has 130 valence electrons. The van der Waals surface area contributed by atoms with Gasteiger partial charge in [-0.15, -0.1) is 0 Å². The highest BCUT2D eigenvalue weighted by Crippen LogP contribution is 2.28. The van der Waals surface area contributed by atoms with Crippen molar-refractivity contribution < 1.29 is 4.74 Å². The van der Waals surface area contributed by atoms with Crippen LogP contribution in [0, 0.1) is 20.8 Å². The molecule has 0 aliphatic rings. The van der Waals surface area contributed by atoms with Gasteiger partial charge in [0.05, 0.1) is 5.52 Å². The summed E-state index contributed by atoms with van der Waals surface area (Å²) in [5.74, 6) is 2.06. The van der Waals surface area contributed by atoms with Crippen LogP contribution in [-0.4, -0.2) is 20.2 Å². The molecule has 0 aliphatic heterocycles. The fourth-order valence-electron chi connectivity index (χ4n) is 2.68. The molecule has 4 rings (SSSR count). The average Bonchev–Trinajstić information content (AvgIpc) is 3.03. The van der Waals surface area contributed by atoms with Crippen LogP contribution in [0.5, 0.6) is 11.8 Å². The quantitative estimate of drug-likeness (QED) is 0.555. The van der Waals surface area contributed by atoms with E-state index in [-0.39, 0.29) is 0 Å². The minimum atomic E-state index is 0.293. The van der Waals surface area contributed by atoms with Crippen LogP contribution in [0.1, 0.15) is 16.8 Å². The van der Waals surface area contributed by atoms with Crippen LogP contribution in [0.2, 0.25) is 0 Å². The highest BCUT2D eigenvalue weighted by atomic mass is 16.5. The number of H-pyrrole nitrogens is 1. The molecule has 0 fully saturated rings. The first-order valence-electron chi connectivity index (χ1n) is 8.39. The van der Waals surface area contributed by atoms with E-state index in [9.17, 15) is 0 Å². The van der Waals surface area contributed by atoms with Crippen molar-refractivity contribution in [2.75, 3.05) is 5.32 Å². The van der Waals surface area contributed by atoms with Crippen molar-refractivity contribution in [2.24, 2.45) is 0 Å². The number of fused-ring (bicyclic) bond motifs is 1. The van der Waals surface area contributed by atoms with Gasteiger partial charge in [0.1, 0.15) is 11.6 Å². The van der Waals surface area contributed by atoms with Gasteiger partial charge in [0.2, 0.25) is 0 Å². The normalized spacial score (nSPS) is 10.9. The highest BCUT2D eigenvalue weighted by Gasteiger charge is 2.11. The molecule has 6 heteroatoms. The largest absolute Gasteiger partial charge is 0.424 e. The minimum Gasteiger partial charge on any atom is -0.424 e. The summed E-state index contributed by atoms with van der Waals surface area (Å²) in [6, 6.07) is 15.9. The molecule has 0 bridgehead atoms. The van der Waals surface area contributed by atoms with Gasteiger partial charge in [-0.3, -0.25) is 5.10 Å². The zero-order valence-electron chi connectivity index (χ0n) is 14.9. The lowest BCUT2D eigenvalue weighted by atomic mass is 10.1. The summed E-state index contributed by atoms with van der Waals surface area (Å²) in [5.41, 5.74) is 4.15. The van der Waals surface area contributed by atoms with Crippen molar-refractivity contribution in [2.45, 2.75) is 20.8 Å². The molecule has 0 unspecified atom stereocenters. The first kappa shape index (κ1) is 16.1. The van der Waals surface area contributed by atoms with E-state index in [0.717, 1.165) is 22.2 Å². The highest BCUT2D eigenvalue weighted by molar-refractivity contribution is 5.90. The Balaban J connectivity index is 1.74. The van der Waals surface area contributed by atoms with Gasteiger partial charge in [0, 0.05) is 17.1 Å². The van der Waals surface area contributed by atoms with Crippen LogP contribution in [0.4, 0.5) is 11.6 Å². The lowest BCUT2D eigenvalue weighted by molar-refractivity contribution is 0.444. The Hall–Kier alpha value is -3.41. The Morgan fingerprint density at radius 3 is 2.54 bits per heavy atom. The predicted molar refractivity (Wildman–Crippen MR) is 102 cm³/mol. The number of nitrogens with zero attached hydrogens (tertiary/aromatic N) is 3. The SMILES string of the molecule is Cc1cc(Nc2nc(Oc3ccc(C)c(C)c3)nc3ccccc23)n[nH]1. The molecule has 0 atom stereocenters. The van der Waals surface area contributed by atoms with Crippen molar-refractivity contribution >= 4 is 22.5 Å².